The summed E-state index contributed by atoms with van der Waals surface area (Å²) in [7, 11) is 0. The molecule has 0 bridgehead atoms. The number of hydrogen-bond donors (Lipinski definition) is 1. The van der Waals surface area contributed by atoms with Crippen molar-refractivity contribution in [2.45, 2.75) is 12.6 Å². The molecule has 2 heterocycles. The van der Waals surface area contributed by atoms with Crippen LogP contribution < -0.4 is 15.2 Å². The van der Waals surface area contributed by atoms with E-state index in [0.29, 0.717) is 22.9 Å². The molecule has 5 rings (SSSR count). The van der Waals surface area contributed by atoms with Gasteiger partial charge in [-0.2, -0.15) is 0 Å². The number of halogens is 1. The summed E-state index contributed by atoms with van der Waals surface area (Å²) in [5, 5.41) is 2.07. The molecule has 1 saturated heterocycles. The lowest BCUT2D eigenvalue weighted by atomic mass is 10.0. The maximum absolute atomic E-state index is 13.3. The van der Waals surface area contributed by atoms with Crippen LogP contribution in [0.25, 0.3) is 10.8 Å². The van der Waals surface area contributed by atoms with Crippen LogP contribution in [0.1, 0.15) is 15.9 Å². The second-order valence-electron chi connectivity index (χ2n) is 8.01. The number of benzene rings is 3. The van der Waals surface area contributed by atoms with Crippen molar-refractivity contribution in [1.29, 1.82) is 0 Å². The van der Waals surface area contributed by atoms with Gasteiger partial charge in [-0.3, -0.25) is 9.69 Å². The molecule has 0 spiro atoms. The van der Waals surface area contributed by atoms with Crippen LogP contribution in [0.5, 0.6) is 17.4 Å². The molecule has 1 aliphatic rings. The zero-order valence-corrected chi connectivity index (χ0v) is 17.8. The Hall–Kier alpha value is -3.97. The average molecular weight is 443 g/mol. The van der Waals surface area contributed by atoms with Crippen molar-refractivity contribution in [2.75, 3.05) is 13.1 Å². The van der Waals surface area contributed by atoms with Gasteiger partial charge in [-0.1, -0.05) is 36.4 Å². The van der Waals surface area contributed by atoms with E-state index in [1.807, 2.05) is 24.3 Å². The maximum Gasteiger partial charge on any atom is 0.250 e. The standard InChI is InChI=1S/C26H22FN3O3/c27-19-4-3-5-20(12-19)32-21-15-30(16-21)14-18-8-10-24(23-7-2-1-6-22(18)23)33-25-11-9-17(13-29-25)26(28)31/h1-13,21H,14-16H2,(H2,28,31). The number of carbonyl (C=O) groups is 1. The Bertz CT molecular complexity index is 1300. The normalized spacial score (nSPS) is 14.1. The molecule has 6 nitrogen and oxygen atoms in total. The predicted octanol–water partition coefficient (Wildman–Crippen LogP) is 4.53. The number of nitrogens with zero attached hydrogens (tertiary/aromatic N) is 2. The van der Waals surface area contributed by atoms with Crippen LogP contribution in [-0.2, 0) is 6.54 Å². The average Bonchev–Trinajstić information content (AvgIpc) is 2.79. The number of likely N-dealkylation sites (tertiary alicyclic amines) is 1. The van der Waals surface area contributed by atoms with Gasteiger partial charge in [0.05, 0.1) is 5.56 Å². The van der Waals surface area contributed by atoms with Crippen molar-refractivity contribution in [1.82, 2.24) is 9.88 Å². The van der Waals surface area contributed by atoms with Crippen molar-refractivity contribution in [2.24, 2.45) is 5.73 Å². The Morgan fingerprint density at radius 3 is 2.58 bits per heavy atom. The van der Waals surface area contributed by atoms with Gasteiger partial charge in [0.15, 0.2) is 0 Å². The zero-order valence-electron chi connectivity index (χ0n) is 17.8. The molecule has 0 aliphatic carbocycles. The van der Waals surface area contributed by atoms with Crippen LogP contribution in [0.15, 0.2) is 79.0 Å². The van der Waals surface area contributed by atoms with Gasteiger partial charge in [-0.15, -0.1) is 0 Å². The van der Waals surface area contributed by atoms with E-state index < -0.39 is 5.91 Å². The van der Waals surface area contributed by atoms with Crippen LogP contribution in [0.4, 0.5) is 4.39 Å². The van der Waals surface area contributed by atoms with E-state index in [1.165, 1.54) is 23.9 Å². The van der Waals surface area contributed by atoms with Gasteiger partial charge >= 0.3 is 0 Å². The summed E-state index contributed by atoms with van der Waals surface area (Å²) in [6.07, 6.45) is 1.45. The van der Waals surface area contributed by atoms with Crippen molar-refractivity contribution >= 4 is 16.7 Å². The summed E-state index contributed by atoms with van der Waals surface area (Å²) in [5.74, 6) is 0.807. The number of amides is 1. The molecule has 4 aromatic rings. The van der Waals surface area contributed by atoms with Gasteiger partial charge in [0, 0.05) is 43.4 Å². The minimum absolute atomic E-state index is 0.0510. The molecular formula is C26H22FN3O3. The highest BCUT2D eigenvalue weighted by Crippen LogP contribution is 2.33. The van der Waals surface area contributed by atoms with E-state index in [0.717, 1.165) is 30.4 Å². The first-order valence-corrected chi connectivity index (χ1v) is 10.6. The summed E-state index contributed by atoms with van der Waals surface area (Å²) in [6, 6.07) is 21.5. The molecule has 166 valence electrons. The lowest BCUT2D eigenvalue weighted by molar-refractivity contribution is 0.0146. The minimum atomic E-state index is -0.529. The van der Waals surface area contributed by atoms with Crippen LogP contribution in [0.2, 0.25) is 0 Å². The number of fused-ring (bicyclic) bond motifs is 1. The Labute approximate surface area is 190 Å². The number of rotatable bonds is 7. The first-order chi connectivity index (χ1) is 16.0. The van der Waals surface area contributed by atoms with Gasteiger partial charge in [0.25, 0.3) is 0 Å². The summed E-state index contributed by atoms with van der Waals surface area (Å²) in [6.45, 7) is 2.33. The molecular weight excluding hydrogens is 421 g/mol. The second kappa shape index (κ2) is 8.88. The molecule has 0 unspecified atom stereocenters. The number of aromatic nitrogens is 1. The first kappa shape index (κ1) is 20.9. The van der Waals surface area contributed by atoms with E-state index in [9.17, 15) is 9.18 Å². The topological polar surface area (TPSA) is 77.7 Å². The third kappa shape index (κ3) is 4.63. The fraction of sp³-hybridized carbons (Fsp3) is 0.154. The third-order valence-electron chi connectivity index (χ3n) is 5.63. The molecule has 7 heteroatoms. The highest BCUT2D eigenvalue weighted by Gasteiger charge is 2.29. The van der Waals surface area contributed by atoms with Gasteiger partial charge in [0.2, 0.25) is 11.8 Å². The number of primary amides is 1. The smallest absolute Gasteiger partial charge is 0.250 e. The predicted molar refractivity (Wildman–Crippen MR) is 123 cm³/mol. The number of ether oxygens (including phenoxy) is 2. The molecule has 3 aromatic carbocycles. The minimum Gasteiger partial charge on any atom is -0.488 e. The number of pyridine rings is 1. The number of hydrogen-bond acceptors (Lipinski definition) is 5. The van der Waals surface area contributed by atoms with Crippen molar-refractivity contribution in [3.8, 4) is 17.4 Å². The SMILES string of the molecule is NC(=O)c1ccc(Oc2ccc(CN3CC(Oc4cccc(F)c4)C3)c3ccccc23)nc1. The highest BCUT2D eigenvalue weighted by molar-refractivity contribution is 5.92. The van der Waals surface area contributed by atoms with Crippen LogP contribution in [-0.4, -0.2) is 35.0 Å². The van der Waals surface area contributed by atoms with E-state index in [2.05, 4.69) is 22.0 Å². The van der Waals surface area contributed by atoms with Gasteiger partial charge in [0.1, 0.15) is 23.4 Å². The highest BCUT2D eigenvalue weighted by atomic mass is 19.1. The van der Waals surface area contributed by atoms with Gasteiger partial charge < -0.3 is 15.2 Å². The fourth-order valence-corrected chi connectivity index (χ4v) is 3.96. The number of nitrogens with two attached hydrogens (primary N) is 1. The lowest BCUT2D eigenvalue weighted by Gasteiger charge is -2.39. The summed E-state index contributed by atoms with van der Waals surface area (Å²) in [4.78, 5) is 17.7. The summed E-state index contributed by atoms with van der Waals surface area (Å²) < 4.78 is 25.2. The van der Waals surface area contributed by atoms with E-state index >= 15 is 0 Å². The maximum atomic E-state index is 13.3. The Kier molecular flexibility index (Phi) is 5.62. The second-order valence-corrected chi connectivity index (χ2v) is 8.01. The van der Waals surface area contributed by atoms with E-state index in [-0.39, 0.29) is 11.9 Å². The fourth-order valence-electron chi connectivity index (χ4n) is 3.96. The lowest BCUT2D eigenvalue weighted by Crippen LogP contribution is -2.53. The molecule has 1 fully saturated rings. The largest absolute Gasteiger partial charge is 0.488 e. The van der Waals surface area contributed by atoms with Crippen LogP contribution in [0.3, 0.4) is 0 Å². The molecule has 1 aromatic heterocycles. The summed E-state index contributed by atoms with van der Waals surface area (Å²) in [5.41, 5.74) is 6.78. The zero-order chi connectivity index (χ0) is 22.8. The number of carbonyl (C=O) groups excluding carboxylic acids is 1. The molecule has 0 atom stereocenters. The van der Waals surface area contributed by atoms with Gasteiger partial charge in [-0.05, 0) is 35.2 Å². The molecule has 1 amide bonds. The Balaban J connectivity index is 1.28. The monoisotopic (exact) mass is 443 g/mol. The molecule has 0 saturated carbocycles. The first-order valence-electron chi connectivity index (χ1n) is 10.6. The van der Waals surface area contributed by atoms with Crippen LogP contribution in [0, 0.1) is 5.82 Å². The third-order valence-corrected chi connectivity index (χ3v) is 5.63. The van der Waals surface area contributed by atoms with Crippen molar-refractivity contribution in [3.63, 3.8) is 0 Å². The quantitative estimate of drug-likeness (QED) is 0.454. The van der Waals surface area contributed by atoms with E-state index in [1.54, 1.807) is 24.3 Å². The van der Waals surface area contributed by atoms with Gasteiger partial charge in [-0.25, -0.2) is 9.37 Å². The van der Waals surface area contributed by atoms with Crippen LogP contribution >= 0.6 is 0 Å². The Morgan fingerprint density at radius 1 is 1.03 bits per heavy atom. The van der Waals surface area contributed by atoms with E-state index in [4.69, 9.17) is 15.2 Å². The molecule has 0 radical (unpaired) electrons. The Morgan fingerprint density at radius 2 is 1.85 bits per heavy atom. The molecule has 1 aliphatic heterocycles. The molecule has 2 N–H and O–H groups in total. The molecule has 33 heavy (non-hydrogen) atoms. The summed E-state index contributed by atoms with van der Waals surface area (Å²) >= 11 is 0. The van der Waals surface area contributed by atoms with Crippen molar-refractivity contribution < 1.29 is 18.7 Å². The van der Waals surface area contributed by atoms with Crippen molar-refractivity contribution in [3.05, 3.63) is 95.9 Å².